The Labute approximate surface area is 92.0 Å². The summed E-state index contributed by atoms with van der Waals surface area (Å²) in [6, 6.07) is 7.52. The number of para-hydroxylation sites is 2. The molecular weight excluding hydrogens is 212 g/mol. The van der Waals surface area contributed by atoms with Crippen molar-refractivity contribution in [2.45, 2.75) is 18.1 Å². The van der Waals surface area contributed by atoms with Gasteiger partial charge in [-0.3, -0.25) is 4.79 Å². The van der Waals surface area contributed by atoms with Crippen LogP contribution in [0.3, 0.4) is 0 Å². The second-order valence-electron chi connectivity index (χ2n) is 3.18. The molecule has 0 unspecified atom stereocenters. The third-order valence-corrected chi connectivity index (χ3v) is 2.48. The normalized spacial score (nSPS) is 10.7. The lowest BCUT2D eigenvalue weighted by Crippen LogP contribution is -2.04. The summed E-state index contributed by atoms with van der Waals surface area (Å²) >= 11 is 5.06. The van der Waals surface area contributed by atoms with E-state index in [1.807, 2.05) is 24.3 Å². The number of imidazole rings is 1. The zero-order valence-electron chi connectivity index (χ0n) is 7.88. The minimum absolute atomic E-state index is 0.0595. The minimum atomic E-state index is -0.831. The molecule has 0 aliphatic carbocycles. The molecule has 0 saturated carbocycles. The van der Waals surface area contributed by atoms with Gasteiger partial charge in [-0.2, -0.15) is 0 Å². The van der Waals surface area contributed by atoms with Gasteiger partial charge in [-0.1, -0.05) is 12.1 Å². The number of aryl methyl sites for hydroxylation is 1. The minimum Gasteiger partial charge on any atom is -0.481 e. The van der Waals surface area contributed by atoms with Gasteiger partial charge in [0.1, 0.15) is 0 Å². The first-order valence-corrected chi connectivity index (χ1v) is 4.93. The summed E-state index contributed by atoms with van der Waals surface area (Å²) in [6.07, 6.45) is 0.0595. The van der Waals surface area contributed by atoms with Gasteiger partial charge in [-0.15, -0.1) is 0 Å². The number of benzene rings is 1. The van der Waals surface area contributed by atoms with Crippen LogP contribution in [0.15, 0.2) is 29.4 Å². The van der Waals surface area contributed by atoms with Crippen molar-refractivity contribution in [2.24, 2.45) is 0 Å². The second kappa shape index (κ2) is 3.86. The maximum atomic E-state index is 10.5. The van der Waals surface area contributed by atoms with E-state index in [1.54, 1.807) is 4.57 Å². The van der Waals surface area contributed by atoms with E-state index >= 15 is 0 Å². The van der Waals surface area contributed by atoms with Crippen molar-refractivity contribution < 1.29 is 9.90 Å². The molecule has 1 radical (unpaired) electrons. The van der Waals surface area contributed by atoms with Crippen LogP contribution in [0, 0.1) is 0 Å². The number of hydrogen-bond donors (Lipinski definition) is 1. The Hall–Kier alpha value is -1.62. The van der Waals surface area contributed by atoms with Gasteiger partial charge in [0.25, 0.3) is 0 Å². The summed E-state index contributed by atoms with van der Waals surface area (Å²) in [4.78, 5) is 14.7. The van der Waals surface area contributed by atoms with Gasteiger partial charge >= 0.3 is 5.97 Å². The van der Waals surface area contributed by atoms with Crippen LogP contribution in [0.5, 0.6) is 0 Å². The Morgan fingerprint density at radius 3 is 2.93 bits per heavy atom. The van der Waals surface area contributed by atoms with Crippen molar-refractivity contribution >= 4 is 29.6 Å². The number of carboxylic acids is 1. The molecule has 1 N–H and O–H groups in total. The van der Waals surface area contributed by atoms with Crippen molar-refractivity contribution in [1.29, 1.82) is 0 Å². The van der Waals surface area contributed by atoms with Crippen LogP contribution in [0.1, 0.15) is 6.42 Å². The van der Waals surface area contributed by atoms with Gasteiger partial charge in [0.05, 0.1) is 17.5 Å². The number of hydrogen-bond acceptors (Lipinski definition) is 2. The fraction of sp³-hybridized carbons (Fsp3) is 0.200. The summed E-state index contributed by atoms with van der Waals surface area (Å²) in [6.45, 7) is 0.370. The molecule has 5 heteroatoms. The monoisotopic (exact) mass is 221 g/mol. The first-order chi connectivity index (χ1) is 7.18. The quantitative estimate of drug-likeness (QED) is 0.863. The highest BCUT2D eigenvalue weighted by atomic mass is 32.1. The number of nitrogens with zero attached hydrogens (tertiary/aromatic N) is 2. The molecule has 0 saturated heterocycles. The van der Waals surface area contributed by atoms with Crippen molar-refractivity contribution in [3.05, 3.63) is 24.3 Å². The second-order valence-corrected chi connectivity index (χ2v) is 3.54. The van der Waals surface area contributed by atoms with E-state index in [0.29, 0.717) is 11.7 Å². The van der Waals surface area contributed by atoms with Gasteiger partial charge in [0.2, 0.25) is 5.16 Å². The summed E-state index contributed by atoms with van der Waals surface area (Å²) < 4.78 is 1.75. The van der Waals surface area contributed by atoms with Crippen molar-refractivity contribution in [3.63, 3.8) is 0 Å². The third kappa shape index (κ3) is 1.92. The van der Waals surface area contributed by atoms with Gasteiger partial charge < -0.3 is 9.67 Å². The summed E-state index contributed by atoms with van der Waals surface area (Å²) in [7, 11) is 0. The molecule has 0 atom stereocenters. The van der Waals surface area contributed by atoms with Crippen LogP contribution in [-0.4, -0.2) is 20.6 Å². The maximum Gasteiger partial charge on any atom is 0.305 e. The Balaban J connectivity index is 2.40. The molecule has 0 aliphatic heterocycles. The van der Waals surface area contributed by atoms with Gasteiger partial charge in [-0.05, 0) is 24.8 Å². The van der Waals surface area contributed by atoms with Crippen LogP contribution < -0.4 is 0 Å². The lowest BCUT2D eigenvalue weighted by molar-refractivity contribution is -0.137. The average molecular weight is 221 g/mol. The Bertz CT molecular complexity index is 507. The molecule has 0 aliphatic rings. The first kappa shape index (κ1) is 9.92. The van der Waals surface area contributed by atoms with Crippen LogP contribution in [-0.2, 0) is 11.3 Å². The van der Waals surface area contributed by atoms with E-state index in [0.717, 1.165) is 11.0 Å². The lowest BCUT2D eigenvalue weighted by Gasteiger charge is -2.02. The molecule has 1 aromatic heterocycles. The fourth-order valence-electron chi connectivity index (χ4n) is 1.48. The SMILES string of the molecule is O=C(O)CCn1c([S])nc2ccccc21. The molecule has 0 amide bonds. The lowest BCUT2D eigenvalue weighted by atomic mass is 10.3. The van der Waals surface area contributed by atoms with Gasteiger partial charge in [0, 0.05) is 6.54 Å². The Kier molecular flexibility index (Phi) is 2.55. The largest absolute Gasteiger partial charge is 0.481 e. The molecule has 0 bridgehead atoms. The smallest absolute Gasteiger partial charge is 0.305 e. The Morgan fingerprint density at radius 1 is 1.47 bits per heavy atom. The van der Waals surface area contributed by atoms with E-state index < -0.39 is 5.97 Å². The molecule has 77 valence electrons. The highest BCUT2D eigenvalue weighted by Gasteiger charge is 2.08. The number of aliphatic carboxylic acids is 1. The number of carboxylic acid groups (broad SMARTS) is 1. The highest BCUT2D eigenvalue weighted by molar-refractivity contribution is 7.80. The van der Waals surface area contributed by atoms with E-state index in [9.17, 15) is 4.79 Å². The standard InChI is InChI=1S/C10H9N2O2S/c13-9(14)5-6-12-8-4-2-1-3-7(8)11-10(12)15/h1-4H,5-6H2,(H,13,14). The van der Waals surface area contributed by atoms with E-state index in [4.69, 9.17) is 17.7 Å². The average Bonchev–Trinajstić information content (AvgIpc) is 2.50. The van der Waals surface area contributed by atoms with E-state index in [2.05, 4.69) is 4.98 Å². The fourth-order valence-corrected chi connectivity index (χ4v) is 1.76. The third-order valence-electron chi connectivity index (χ3n) is 2.17. The molecule has 0 fully saturated rings. The first-order valence-electron chi connectivity index (χ1n) is 4.52. The molecule has 1 heterocycles. The molecule has 4 nitrogen and oxygen atoms in total. The van der Waals surface area contributed by atoms with Gasteiger partial charge in [0.15, 0.2) is 0 Å². The summed E-state index contributed by atoms with van der Waals surface area (Å²) in [5, 5.41) is 9.05. The number of rotatable bonds is 3. The van der Waals surface area contributed by atoms with Crippen LogP contribution in [0.2, 0.25) is 0 Å². The predicted molar refractivity (Wildman–Crippen MR) is 57.8 cm³/mol. The van der Waals surface area contributed by atoms with Crippen molar-refractivity contribution in [3.8, 4) is 0 Å². The molecule has 2 rings (SSSR count). The van der Waals surface area contributed by atoms with Crippen molar-refractivity contribution in [1.82, 2.24) is 9.55 Å². The van der Waals surface area contributed by atoms with Crippen molar-refractivity contribution in [2.75, 3.05) is 0 Å². The number of aromatic nitrogens is 2. The Morgan fingerprint density at radius 2 is 2.20 bits per heavy atom. The number of carbonyl (C=O) groups is 1. The highest BCUT2D eigenvalue weighted by Crippen LogP contribution is 2.18. The van der Waals surface area contributed by atoms with E-state index in [1.165, 1.54) is 0 Å². The zero-order chi connectivity index (χ0) is 10.8. The molecule has 0 spiro atoms. The van der Waals surface area contributed by atoms with Gasteiger partial charge in [-0.25, -0.2) is 4.98 Å². The number of fused-ring (bicyclic) bond motifs is 1. The molecule has 2 aromatic rings. The van der Waals surface area contributed by atoms with Crippen LogP contribution in [0.4, 0.5) is 0 Å². The predicted octanol–water partition coefficient (Wildman–Crippen LogP) is 2.07. The van der Waals surface area contributed by atoms with E-state index in [-0.39, 0.29) is 6.42 Å². The van der Waals surface area contributed by atoms with Crippen LogP contribution in [0.25, 0.3) is 11.0 Å². The summed E-state index contributed by atoms with van der Waals surface area (Å²) in [5.74, 6) is -0.831. The zero-order valence-corrected chi connectivity index (χ0v) is 8.70. The molecular formula is C10H9N2O2S. The maximum absolute atomic E-state index is 10.5. The topological polar surface area (TPSA) is 55.1 Å². The summed E-state index contributed by atoms with van der Waals surface area (Å²) in [5.41, 5.74) is 1.71. The molecule has 15 heavy (non-hydrogen) atoms. The van der Waals surface area contributed by atoms with Crippen LogP contribution >= 0.6 is 12.6 Å². The molecule has 1 aromatic carbocycles.